The maximum atomic E-state index is 11.8. The van der Waals surface area contributed by atoms with Gasteiger partial charge in [0.15, 0.2) is 17.7 Å². The van der Waals surface area contributed by atoms with Crippen molar-refractivity contribution in [3.63, 3.8) is 0 Å². The van der Waals surface area contributed by atoms with Crippen LogP contribution in [0.25, 0.3) is 11.2 Å². The van der Waals surface area contributed by atoms with E-state index in [1.165, 1.54) is 10.9 Å². The summed E-state index contributed by atoms with van der Waals surface area (Å²) in [4.78, 5) is 47.2. The largest absolute Gasteiger partial charge is 0.490 e. The van der Waals surface area contributed by atoms with E-state index in [0.717, 1.165) is 6.33 Å². The molecule has 2 unspecified atom stereocenters. The van der Waals surface area contributed by atoms with Gasteiger partial charge in [-0.1, -0.05) is 0 Å². The van der Waals surface area contributed by atoms with Crippen molar-refractivity contribution < 1.29 is 61.4 Å². The molecule has 1 radical (unpaired) electrons. The van der Waals surface area contributed by atoms with Gasteiger partial charge in [-0.25, -0.2) is 28.6 Å². The molecule has 22 heteroatoms. The molecule has 8 N–H and O–H groups in total. The third-order valence-electron chi connectivity index (χ3n) is 3.82. The van der Waals surface area contributed by atoms with Crippen LogP contribution in [-0.4, -0.2) is 104 Å². The van der Waals surface area contributed by atoms with Crippen LogP contribution in [0.5, 0.6) is 0 Å². The molecule has 1 fully saturated rings. The van der Waals surface area contributed by atoms with E-state index in [-0.39, 0.29) is 46.5 Å². The van der Waals surface area contributed by atoms with Gasteiger partial charge in [-0.2, -0.15) is 8.62 Å². The molecule has 32 heavy (non-hydrogen) atoms. The molecular formula is C10H16N5NaO13P3. The van der Waals surface area contributed by atoms with E-state index < -0.39 is 54.6 Å². The smallest absolute Gasteiger partial charge is 0.387 e. The van der Waals surface area contributed by atoms with Crippen molar-refractivity contribution in [1.29, 1.82) is 0 Å². The molecule has 2 aromatic heterocycles. The standard InChI is InChI=1S/C10H16N5O13P3.Na/c11-8-5-9(13-2-12-8)15(3-14-5)10-7(17)6(16)4(26-10)1-25-30(21,22)28-31(23,24)27-29(18,19)20;/h2-4,6-7,10,16-17H,1H2,(H,21,22)(H,23,24)(H2,11,12,13)(H2,18,19,20);/t4-,6-,7-,10-;/m1./s1. The molecule has 0 aliphatic carbocycles. The second-order valence-corrected chi connectivity index (χ2v) is 10.4. The summed E-state index contributed by atoms with van der Waals surface area (Å²) in [6, 6.07) is 0. The van der Waals surface area contributed by atoms with Crippen molar-refractivity contribution >= 4 is 70.0 Å². The molecule has 0 saturated carbocycles. The summed E-state index contributed by atoms with van der Waals surface area (Å²) < 4.78 is 51.9. The van der Waals surface area contributed by atoms with Crippen LogP contribution in [0.1, 0.15) is 6.23 Å². The normalized spacial score (nSPS) is 27.6. The summed E-state index contributed by atoms with van der Waals surface area (Å²) in [5.74, 6) is 0.0426. The Morgan fingerprint density at radius 3 is 2.31 bits per heavy atom. The van der Waals surface area contributed by atoms with E-state index in [0.29, 0.717) is 0 Å². The molecule has 175 valence electrons. The third kappa shape index (κ3) is 6.61. The monoisotopic (exact) mass is 530 g/mol. The molecule has 18 nitrogen and oxygen atoms in total. The number of hydrogen-bond donors (Lipinski definition) is 7. The minimum Gasteiger partial charge on any atom is -0.387 e. The number of aliphatic hydroxyl groups excluding tert-OH is 2. The Bertz CT molecular complexity index is 1110. The average Bonchev–Trinajstić information content (AvgIpc) is 3.13. The van der Waals surface area contributed by atoms with Crippen molar-refractivity contribution in [2.45, 2.75) is 24.5 Å². The predicted molar refractivity (Wildman–Crippen MR) is 101 cm³/mol. The Hall–Kier alpha value is -0.360. The number of phosphoric ester groups is 1. The van der Waals surface area contributed by atoms with Gasteiger partial charge in [0, 0.05) is 29.6 Å². The molecule has 2 aromatic rings. The molecule has 3 heterocycles. The van der Waals surface area contributed by atoms with Crippen molar-refractivity contribution in [1.82, 2.24) is 19.5 Å². The molecule has 0 aromatic carbocycles. The Labute approximate surface area is 200 Å². The fourth-order valence-corrected chi connectivity index (χ4v) is 5.65. The first kappa shape index (κ1) is 27.9. The molecule has 0 amide bonds. The number of rotatable bonds is 8. The number of anilines is 1. The summed E-state index contributed by atoms with van der Waals surface area (Å²) in [6.07, 6.45) is -3.69. The van der Waals surface area contributed by atoms with Gasteiger partial charge in [0.25, 0.3) is 0 Å². The van der Waals surface area contributed by atoms with Gasteiger partial charge in [-0.15, -0.1) is 0 Å². The number of aromatic nitrogens is 4. The van der Waals surface area contributed by atoms with Gasteiger partial charge < -0.3 is 40.3 Å². The molecule has 0 bridgehead atoms. The summed E-state index contributed by atoms with van der Waals surface area (Å²) in [6.45, 7) is -0.956. The first-order valence-electron chi connectivity index (χ1n) is 7.92. The van der Waals surface area contributed by atoms with Crippen molar-refractivity contribution in [2.24, 2.45) is 0 Å². The first-order chi connectivity index (χ1) is 14.2. The van der Waals surface area contributed by atoms with E-state index in [1.54, 1.807) is 0 Å². The molecule has 1 aliphatic rings. The zero-order valence-electron chi connectivity index (χ0n) is 15.9. The number of hydrogen-bond acceptors (Lipinski definition) is 13. The summed E-state index contributed by atoms with van der Waals surface area (Å²) in [5.41, 5.74) is 6.00. The minimum absolute atomic E-state index is 0. The topological polar surface area (TPSA) is 279 Å². The van der Waals surface area contributed by atoms with E-state index in [1.807, 2.05) is 0 Å². The van der Waals surface area contributed by atoms with Gasteiger partial charge in [-0.3, -0.25) is 9.09 Å². The van der Waals surface area contributed by atoms with Crippen LogP contribution in [0, 0.1) is 0 Å². The Morgan fingerprint density at radius 2 is 1.69 bits per heavy atom. The molecule has 0 spiro atoms. The number of nitrogen functional groups attached to an aromatic ring is 1. The van der Waals surface area contributed by atoms with E-state index in [9.17, 15) is 28.8 Å². The number of fused-ring (bicyclic) bond motifs is 1. The number of phosphoric acid groups is 3. The number of aliphatic hydroxyl groups is 2. The van der Waals surface area contributed by atoms with E-state index in [2.05, 4.69) is 28.1 Å². The van der Waals surface area contributed by atoms with Crippen LogP contribution in [0.15, 0.2) is 12.7 Å². The average molecular weight is 530 g/mol. The minimum atomic E-state index is -5.70. The van der Waals surface area contributed by atoms with E-state index >= 15 is 0 Å². The molecular weight excluding hydrogens is 514 g/mol. The second kappa shape index (κ2) is 10.1. The van der Waals surface area contributed by atoms with Crippen LogP contribution < -0.4 is 5.73 Å². The Balaban J connectivity index is 0.00000363. The van der Waals surface area contributed by atoms with Crippen molar-refractivity contribution in [3.8, 4) is 0 Å². The van der Waals surface area contributed by atoms with Gasteiger partial charge in [0.1, 0.15) is 30.2 Å². The maximum absolute atomic E-state index is 11.8. The molecule has 3 rings (SSSR count). The van der Waals surface area contributed by atoms with Crippen LogP contribution in [0.2, 0.25) is 0 Å². The number of nitrogens with zero attached hydrogens (tertiary/aromatic N) is 4. The van der Waals surface area contributed by atoms with Crippen LogP contribution in [-0.2, 0) is 31.6 Å². The van der Waals surface area contributed by atoms with Gasteiger partial charge in [0.05, 0.1) is 12.9 Å². The zero-order chi connectivity index (χ0) is 23.2. The Morgan fingerprint density at radius 1 is 1.03 bits per heavy atom. The predicted octanol–water partition coefficient (Wildman–Crippen LogP) is -2.01. The number of imidazole rings is 1. The number of nitrogens with two attached hydrogens (primary N) is 1. The van der Waals surface area contributed by atoms with Crippen LogP contribution >= 0.6 is 23.5 Å². The number of ether oxygens (including phenoxy) is 1. The SMILES string of the molecule is Nc1ncnc2c1ncn2[C@@H]1O[C@H](COP(=O)(O)OP(=O)(O)OP(=O)(O)O)[C@@H](O)[C@H]1O.[Na]. The Kier molecular flexibility index (Phi) is 8.80. The fourth-order valence-electron chi connectivity index (χ4n) is 2.62. The van der Waals surface area contributed by atoms with Gasteiger partial charge >= 0.3 is 23.5 Å². The van der Waals surface area contributed by atoms with E-state index in [4.69, 9.17) is 25.2 Å². The van der Waals surface area contributed by atoms with Crippen molar-refractivity contribution in [2.75, 3.05) is 12.3 Å². The summed E-state index contributed by atoms with van der Waals surface area (Å²) in [5, 5.41) is 20.4. The van der Waals surface area contributed by atoms with Gasteiger partial charge in [0.2, 0.25) is 0 Å². The van der Waals surface area contributed by atoms with Gasteiger partial charge in [-0.05, 0) is 0 Å². The molecule has 1 saturated heterocycles. The maximum Gasteiger partial charge on any atom is 0.490 e. The van der Waals surface area contributed by atoms with Crippen molar-refractivity contribution in [3.05, 3.63) is 12.7 Å². The molecule has 6 atom stereocenters. The van der Waals surface area contributed by atoms with Crippen LogP contribution in [0.4, 0.5) is 5.82 Å². The third-order valence-corrected chi connectivity index (χ3v) is 7.62. The fraction of sp³-hybridized carbons (Fsp3) is 0.500. The summed E-state index contributed by atoms with van der Waals surface area (Å²) in [7, 11) is -16.7. The molecule has 1 aliphatic heterocycles. The summed E-state index contributed by atoms with van der Waals surface area (Å²) >= 11 is 0. The zero-order valence-corrected chi connectivity index (χ0v) is 20.6. The first-order valence-corrected chi connectivity index (χ1v) is 12.4. The second-order valence-electron chi connectivity index (χ2n) is 6.02. The van der Waals surface area contributed by atoms with Crippen LogP contribution in [0.3, 0.4) is 0 Å². The quantitative estimate of drug-likeness (QED) is 0.143.